The van der Waals surface area contributed by atoms with Crippen molar-refractivity contribution in [3.8, 4) is 0 Å². The molecule has 7 atom stereocenters. The highest BCUT2D eigenvalue weighted by atomic mass is 16.3. The molecule has 4 aliphatic carbocycles. The largest absolute Gasteiger partial charge is 0.393 e. The van der Waals surface area contributed by atoms with Crippen molar-refractivity contribution in [2.75, 3.05) is 0 Å². The number of ketones is 2. The molecule has 4 saturated carbocycles. The summed E-state index contributed by atoms with van der Waals surface area (Å²) in [6.45, 7) is 4.49. The maximum Gasteiger partial charge on any atom is 0.139 e. The summed E-state index contributed by atoms with van der Waals surface area (Å²) in [7, 11) is 0. The first-order chi connectivity index (χ1) is 10.4. The molecule has 4 rings (SSSR count). The van der Waals surface area contributed by atoms with E-state index in [0.29, 0.717) is 36.2 Å². The lowest BCUT2D eigenvalue weighted by Gasteiger charge is -2.59. The van der Waals surface area contributed by atoms with E-state index in [1.807, 2.05) is 0 Å². The molecule has 0 heterocycles. The first-order valence-corrected chi connectivity index (χ1v) is 9.10. The van der Waals surface area contributed by atoms with Gasteiger partial charge in [-0.25, -0.2) is 0 Å². The van der Waals surface area contributed by atoms with Crippen LogP contribution >= 0.6 is 0 Å². The van der Waals surface area contributed by atoms with Crippen LogP contribution < -0.4 is 0 Å². The lowest BCUT2D eigenvalue weighted by atomic mass is 9.45. The number of aliphatic hydroxyl groups is 1. The summed E-state index contributed by atoms with van der Waals surface area (Å²) in [5, 5.41) is 10.0. The molecule has 0 aromatic rings. The fourth-order valence-electron chi connectivity index (χ4n) is 6.68. The van der Waals surface area contributed by atoms with E-state index in [0.717, 1.165) is 38.5 Å². The number of fused-ring (bicyclic) bond motifs is 5. The predicted octanol–water partition coefficient (Wildman–Crippen LogP) is 3.14. The van der Waals surface area contributed by atoms with Crippen molar-refractivity contribution in [1.29, 1.82) is 0 Å². The molecule has 0 unspecified atom stereocenters. The van der Waals surface area contributed by atoms with Crippen LogP contribution in [0.2, 0.25) is 0 Å². The Labute approximate surface area is 132 Å². The minimum Gasteiger partial charge on any atom is -0.393 e. The van der Waals surface area contributed by atoms with E-state index >= 15 is 0 Å². The third kappa shape index (κ3) is 1.78. The summed E-state index contributed by atoms with van der Waals surface area (Å²) in [6.07, 6.45) is 6.73. The Kier molecular flexibility index (Phi) is 3.15. The van der Waals surface area contributed by atoms with Gasteiger partial charge in [0.2, 0.25) is 0 Å². The van der Waals surface area contributed by atoms with Crippen molar-refractivity contribution in [2.45, 2.75) is 71.3 Å². The van der Waals surface area contributed by atoms with Crippen LogP contribution in [0.5, 0.6) is 0 Å². The summed E-state index contributed by atoms with van der Waals surface area (Å²) in [5.74, 6) is 1.99. The number of aliphatic hydroxyl groups excluding tert-OH is 1. The first-order valence-electron chi connectivity index (χ1n) is 9.10. The van der Waals surface area contributed by atoms with E-state index in [1.54, 1.807) is 0 Å². The molecule has 0 spiro atoms. The summed E-state index contributed by atoms with van der Waals surface area (Å²) in [4.78, 5) is 25.3. The molecule has 0 aliphatic heterocycles. The van der Waals surface area contributed by atoms with Crippen molar-refractivity contribution >= 4 is 11.6 Å². The number of carbonyl (C=O) groups is 2. The minimum atomic E-state index is -0.228. The molecule has 3 nitrogen and oxygen atoms in total. The Morgan fingerprint density at radius 3 is 2.59 bits per heavy atom. The van der Waals surface area contributed by atoms with E-state index in [9.17, 15) is 14.7 Å². The molecule has 0 amide bonds. The highest BCUT2D eigenvalue weighted by molar-refractivity contribution is 5.90. The van der Waals surface area contributed by atoms with Gasteiger partial charge in [0.25, 0.3) is 0 Å². The molecule has 0 radical (unpaired) electrons. The second-order valence-electron chi connectivity index (χ2n) is 8.96. The average molecular weight is 304 g/mol. The Bertz CT molecular complexity index is 527. The number of hydrogen-bond donors (Lipinski definition) is 1. The van der Waals surface area contributed by atoms with E-state index in [2.05, 4.69) is 13.8 Å². The van der Waals surface area contributed by atoms with Crippen molar-refractivity contribution in [3.05, 3.63) is 0 Å². The fourth-order valence-corrected chi connectivity index (χ4v) is 6.68. The Balaban J connectivity index is 1.70. The molecule has 4 fully saturated rings. The molecule has 1 N–H and O–H groups in total. The van der Waals surface area contributed by atoms with Gasteiger partial charge in [0.05, 0.1) is 6.10 Å². The van der Waals surface area contributed by atoms with Crippen LogP contribution in [0.3, 0.4) is 0 Å². The second-order valence-corrected chi connectivity index (χ2v) is 8.96. The van der Waals surface area contributed by atoms with Crippen LogP contribution in [0.1, 0.15) is 65.2 Å². The van der Waals surface area contributed by atoms with Gasteiger partial charge in [0.15, 0.2) is 0 Å². The number of rotatable bonds is 0. The van der Waals surface area contributed by atoms with Crippen molar-refractivity contribution in [3.63, 3.8) is 0 Å². The third-order valence-electron chi connectivity index (χ3n) is 8.15. The maximum absolute atomic E-state index is 12.9. The zero-order valence-corrected chi connectivity index (χ0v) is 13.8. The molecule has 3 heteroatoms. The lowest BCUT2D eigenvalue weighted by molar-refractivity contribution is -0.160. The lowest BCUT2D eigenvalue weighted by Crippen LogP contribution is -2.57. The molecule has 0 aromatic carbocycles. The minimum absolute atomic E-state index is 0.113. The molecule has 0 aromatic heterocycles. The molecular weight excluding hydrogens is 276 g/mol. The smallest absolute Gasteiger partial charge is 0.139 e. The quantitative estimate of drug-likeness (QED) is 0.748. The van der Waals surface area contributed by atoms with Crippen LogP contribution in [-0.2, 0) is 9.59 Å². The van der Waals surface area contributed by atoms with Gasteiger partial charge >= 0.3 is 0 Å². The summed E-state index contributed by atoms with van der Waals surface area (Å²) in [6, 6.07) is 0. The number of carbonyl (C=O) groups excluding carboxylic acids is 2. The van der Waals surface area contributed by atoms with Crippen LogP contribution in [0.25, 0.3) is 0 Å². The summed E-state index contributed by atoms with van der Waals surface area (Å²) >= 11 is 0. The fraction of sp³-hybridized carbons (Fsp3) is 0.895. The van der Waals surface area contributed by atoms with Gasteiger partial charge in [-0.2, -0.15) is 0 Å². The van der Waals surface area contributed by atoms with Gasteiger partial charge in [0, 0.05) is 24.2 Å². The number of hydrogen-bond acceptors (Lipinski definition) is 3. The SMILES string of the molecule is C[C@]12CC[C@@H](O)C[C@@H]1CC(=O)[C@H]1[C@H]3CCC(=O)[C@]3(C)CC[C@@H]12. The van der Waals surface area contributed by atoms with Crippen molar-refractivity contribution < 1.29 is 14.7 Å². The first kappa shape index (κ1) is 14.9. The van der Waals surface area contributed by atoms with E-state index in [4.69, 9.17) is 0 Å². The Morgan fingerprint density at radius 1 is 1.05 bits per heavy atom. The van der Waals surface area contributed by atoms with Gasteiger partial charge in [-0.05, 0) is 61.7 Å². The van der Waals surface area contributed by atoms with Gasteiger partial charge in [-0.3, -0.25) is 9.59 Å². The zero-order chi connectivity index (χ0) is 15.7. The van der Waals surface area contributed by atoms with Crippen molar-refractivity contribution in [2.24, 2.45) is 34.5 Å². The molecule has 0 saturated heterocycles. The van der Waals surface area contributed by atoms with E-state index in [-0.39, 0.29) is 28.8 Å². The molecular formula is C19H28O3. The average Bonchev–Trinajstić information content (AvgIpc) is 2.77. The van der Waals surface area contributed by atoms with Crippen LogP contribution in [0.4, 0.5) is 0 Å². The normalized spacial score (nSPS) is 54.6. The highest BCUT2D eigenvalue weighted by Gasteiger charge is 2.62. The van der Waals surface area contributed by atoms with Gasteiger partial charge in [-0.15, -0.1) is 0 Å². The van der Waals surface area contributed by atoms with Crippen LogP contribution in [-0.4, -0.2) is 22.8 Å². The molecule has 22 heavy (non-hydrogen) atoms. The second kappa shape index (κ2) is 4.66. The summed E-state index contributed by atoms with van der Waals surface area (Å²) < 4.78 is 0. The highest BCUT2D eigenvalue weighted by Crippen LogP contribution is 2.64. The van der Waals surface area contributed by atoms with Gasteiger partial charge in [0.1, 0.15) is 11.6 Å². The molecule has 0 bridgehead atoms. The van der Waals surface area contributed by atoms with Gasteiger partial charge < -0.3 is 5.11 Å². The third-order valence-corrected chi connectivity index (χ3v) is 8.15. The van der Waals surface area contributed by atoms with E-state index < -0.39 is 0 Å². The van der Waals surface area contributed by atoms with Crippen LogP contribution in [0, 0.1) is 34.5 Å². The topological polar surface area (TPSA) is 54.4 Å². The zero-order valence-electron chi connectivity index (χ0n) is 13.8. The van der Waals surface area contributed by atoms with Crippen molar-refractivity contribution in [1.82, 2.24) is 0 Å². The standard InChI is InChI=1S/C19H28O3/c1-18-7-5-12(20)9-11(18)10-15(21)17-13-3-4-16(22)19(13,2)8-6-14(17)18/h11-14,17,20H,3-10H2,1-2H3/t11-,12-,13-,14+,17+,18+,19-/m1/s1. The Hall–Kier alpha value is -0.700. The van der Waals surface area contributed by atoms with Crippen LogP contribution in [0.15, 0.2) is 0 Å². The summed E-state index contributed by atoms with van der Waals surface area (Å²) in [5.41, 5.74) is -0.0288. The van der Waals surface area contributed by atoms with Gasteiger partial charge in [-0.1, -0.05) is 13.8 Å². The number of Topliss-reactive ketones (excluding diaryl/α,β-unsaturated/α-hetero) is 2. The molecule has 4 aliphatic rings. The van der Waals surface area contributed by atoms with E-state index in [1.165, 1.54) is 0 Å². The Morgan fingerprint density at radius 2 is 1.82 bits per heavy atom. The predicted molar refractivity (Wildman–Crippen MR) is 83.1 cm³/mol. The monoisotopic (exact) mass is 304 g/mol. The molecule has 122 valence electrons. The maximum atomic E-state index is 12.9.